The van der Waals surface area contributed by atoms with E-state index >= 15 is 0 Å². The van der Waals surface area contributed by atoms with Crippen LogP contribution in [0.1, 0.15) is 20.9 Å². The smallest absolute Gasteiger partial charge is 0.257 e. The monoisotopic (exact) mass is 325 g/mol. The van der Waals surface area contributed by atoms with Gasteiger partial charge in [-0.15, -0.1) is 11.3 Å². The molecular formula is C12H12BrN3OS. The van der Waals surface area contributed by atoms with E-state index in [2.05, 4.69) is 26.2 Å². The quantitative estimate of drug-likeness (QED) is 0.832. The summed E-state index contributed by atoms with van der Waals surface area (Å²) in [4.78, 5) is 17.4. The van der Waals surface area contributed by atoms with Gasteiger partial charge in [0.2, 0.25) is 0 Å². The van der Waals surface area contributed by atoms with E-state index in [-0.39, 0.29) is 5.91 Å². The number of nitrogens with two attached hydrogens (primary N) is 1. The van der Waals surface area contributed by atoms with Gasteiger partial charge < -0.3 is 5.73 Å². The van der Waals surface area contributed by atoms with E-state index in [1.165, 1.54) is 11.3 Å². The number of amides is 1. The number of hydrogen-bond acceptors (Lipinski definition) is 4. The molecular weight excluding hydrogens is 314 g/mol. The van der Waals surface area contributed by atoms with Crippen molar-refractivity contribution in [2.24, 2.45) is 0 Å². The first kappa shape index (κ1) is 13.0. The van der Waals surface area contributed by atoms with Gasteiger partial charge in [-0.1, -0.05) is 0 Å². The van der Waals surface area contributed by atoms with Crippen LogP contribution >= 0.6 is 27.3 Å². The maximum atomic E-state index is 12.0. The molecule has 18 heavy (non-hydrogen) atoms. The van der Waals surface area contributed by atoms with Crippen LogP contribution in [0.3, 0.4) is 0 Å². The molecule has 2 aromatic rings. The van der Waals surface area contributed by atoms with Crippen molar-refractivity contribution in [3.63, 3.8) is 0 Å². The van der Waals surface area contributed by atoms with Crippen LogP contribution in [-0.2, 0) is 0 Å². The number of carbonyl (C=O) groups is 1. The molecule has 1 heterocycles. The first-order chi connectivity index (χ1) is 8.47. The highest BCUT2D eigenvalue weighted by atomic mass is 79.9. The van der Waals surface area contributed by atoms with Gasteiger partial charge in [0.1, 0.15) is 0 Å². The Hall–Kier alpha value is -1.40. The molecule has 1 aromatic heterocycles. The number of hydrogen-bond donors (Lipinski definition) is 2. The van der Waals surface area contributed by atoms with Gasteiger partial charge in [-0.05, 0) is 48.0 Å². The molecule has 94 valence electrons. The Morgan fingerprint density at radius 2 is 2.17 bits per heavy atom. The molecule has 0 aliphatic heterocycles. The van der Waals surface area contributed by atoms with E-state index in [4.69, 9.17) is 5.73 Å². The molecule has 0 saturated heterocycles. The minimum atomic E-state index is -0.190. The Kier molecular flexibility index (Phi) is 3.68. The molecule has 1 aromatic carbocycles. The zero-order valence-corrected chi connectivity index (χ0v) is 12.4. The van der Waals surface area contributed by atoms with Crippen molar-refractivity contribution in [1.82, 2.24) is 4.98 Å². The number of nitrogens with one attached hydrogen (secondary N) is 1. The van der Waals surface area contributed by atoms with Crippen LogP contribution in [-0.4, -0.2) is 10.9 Å². The highest BCUT2D eigenvalue weighted by Gasteiger charge is 2.11. The molecule has 6 heteroatoms. The number of carbonyl (C=O) groups excluding carboxylic acids is 1. The van der Waals surface area contributed by atoms with Crippen LogP contribution < -0.4 is 11.1 Å². The standard InChI is InChI=1S/C12H12BrN3OS/c1-6-7(2)18-12(15-6)16-11(17)8-3-4-10(14)9(13)5-8/h3-5H,14H2,1-2H3,(H,15,16,17). The van der Waals surface area contributed by atoms with Crippen molar-refractivity contribution in [3.05, 3.63) is 38.8 Å². The van der Waals surface area contributed by atoms with Gasteiger partial charge in [0.05, 0.1) is 5.69 Å². The topological polar surface area (TPSA) is 68.0 Å². The fraction of sp³-hybridized carbons (Fsp3) is 0.167. The van der Waals surface area contributed by atoms with Gasteiger partial charge in [-0.3, -0.25) is 10.1 Å². The first-order valence-electron chi connectivity index (χ1n) is 5.28. The van der Waals surface area contributed by atoms with Gasteiger partial charge in [0, 0.05) is 20.6 Å². The van der Waals surface area contributed by atoms with E-state index in [0.717, 1.165) is 10.6 Å². The SMILES string of the molecule is Cc1nc(NC(=O)c2ccc(N)c(Br)c2)sc1C. The van der Waals surface area contributed by atoms with Crippen molar-refractivity contribution in [3.8, 4) is 0 Å². The number of anilines is 2. The fourth-order valence-electron chi connectivity index (χ4n) is 1.36. The summed E-state index contributed by atoms with van der Waals surface area (Å²) in [7, 11) is 0. The van der Waals surface area contributed by atoms with Crippen LogP contribution in [0.2, 0.25) is 0 Å². The molecule has 0 saturated carbocycles. The Morgan fingerprint density at radius 3 is 2.72 bits per heavy atom. The predicted molar refractivity (Wildman–Crippen MR) is 78.1 cm³/mol. The van der Waals surface area contributed by atoms with Crippen molar-refractivity contribution < 1.29 is 4.79 Å². The first-order valence-corrected chi connectivity index (χ1v) is 6.88. The van der Waals surface area contributed by atoms with Crippen molar-refractivity contribution in [2.45, 2.75) is 13.8 Å². The molecule has 0 bridgehead atoms. The molecule has 3 N–H and O–H groups in total. The normalized spacial score (nSPS) is 10.4. The fourth-order valence-corrected chi connectivity index (χ4v) is 2.55. The second-order valence-corrected chi connectivity index (χ2v) is 5.91. The molecule has 0 aliphatic rings. The lowest BCUT2D eigenvalue weighted by molar-refractivity contribution is 0.102. The van der Waals surface area contributed by atoms with Gasteiger partial charge in [-0.2, -0.15) is 0 Å². The minimum Gasteiger partial charge on any atom is -0.398 e. The van der Waals surface area contributed by atoms with E-state index in [0.29, 0.717) is 20.9 Å². The number of halogens is 1. The van der Waals surface area contributed by atoms with Gasteiger partial charge in [0.15, 0.2) is 5.13 Å². The summed E-state index contributed by atoms with van der Waals surface area (Å²) in [6.45, 7) is 3.89. The lowest BCUT2D eigenvalue weighted by Crippen LogP contribution is -2.11. The highest BCUT2D eigenvalue weighted by Crippen LogP contribution is 2.23. The number of aryl methyl sites for hydroxylation is 2. The van der Waals surface area contributed by atoms with Gasteiger partial charge in [-0.25, -0.2) is 4.98 Å². The molecule has 0 aliphatic carbocycles. The maximum Gasteiger partial charge on any atom is 0.257 e. The molecule has 1 amide bonds. The second-order valence-electron chi connectivity index (χ2n) is 3.85. The van der Waals surface area contributed by atoms with E-state index in [9.17, 15) is 4.79 Å². The Bertz CT molecular complexity index is 590. The van der Waals surface area contributed by atoms with Crippen LogP contribution in [0.4, 0.5) is 10.8 Å². The Labute approximate surface area is 117 Å². The maximum absolute atomic E-state index is 12.0. The van der Waals surface area contributed by atoms with Crippen molar-refractivity contribution >= 4 is 44.0 Å². The van der Waals surface area contributed by atoms with E-state index in [1.807, 2.05) is 13.8 Å². The minimum absolute atomic E-state index is 0.190. The largest absolute Gasteiger partial charge is 0.398 e. The van der Waals surface area contributed by atoms with Crippen LogP contribution in [0, 0.1) is 13.8 Å². The van der Waals surface area contributed by atoms with Crippen LogP contribution in [0.15, 0.2) is 22.7 Å². The van der Waals surface area contributed by atoms with E-state index in [1.54, 1.807) is 18.2 Å². The number of thiazole rings is 1. The third-order valence-corrected chi connectivity index (χ3v) is 4.19. The molecule has 0 spiro atoms. The predicted octanol–water partition coefficient (Wildman–Crippen LogP) is 3.36. The number of aromatic nitrogens is 1. The van der Waals surface area contributed by atoms with E-state index < -0.39 is 0 Å². The number of benzene rings is 1. The average molecular weight is 326 g/mol. The van der Waals surface area contributed by atoms with Crippen LogP contribution in [0.25, 0.3) is 0 Å². The Morgan fingerprint density at radius 1 is 1.44 bits per heavy atom. The summed E-state index contributed by atoms with van der Waals surface area (Å²) in [5.41, 5.74) is 7.76. The van der Waals surface area contributed by atoms with Crippen molar-refractivity contribution in [1.29, 1.82) is 0 Å². The lowest BCUT2D eigenvalue weighted by Gasteiger charge is -2.03. The summed E-state index contributed by atoms with van der Waals surface area (Å²) in [5.74, 6) is -0.190. The summed E-state index contributed by atoms with van der Waals surface area (Å²) < 4.78 is 0.710. The third-order valence-electron chi connectivity index (χ3n) is 2.51. The average Bonchev–Trinajstić information content (AvgIpc) is 2.61. The molecule has 0 atom stereocenters. The summed E-state index contributed by atoms with van der Waals surface area (Å²) in [5, 5.41) is 3.39. The molecule has 0 fully saturated rings. The zero-order chi connectivity index (χ0) is 13.3. The van der Waals surface area contributed by atoms with Gasteiger partial charge >= 0.3 is 0 Å². The third kappa shape index (κ3) is 2.70. The summed E-state index contributed by atoms with van der Waals surface area (Å²) >= 11 is 4.76. The number of nitrogens with zero attached hydrogens (tertiary/aromatic N) is 1. The Balaban J connectivity index is 2.19. The number of rotatable bonds is 2. The highest BCUT2D eigenvalue weighted by molar-refractivity contribution is 9.10. The van der Waals surface area contributed by atoms with Gasteiger partial charge in [0.25, 0.3) is 5.91 Å². The summed E-state index contributed by atoms with van der Waals surface area (Å²) in [6.07, 6.45) is 0. The number of nitrogen functional groups attached to an aromatic ring is 1. The summed E-state index contributed by atoms with van der Waals surface area (Å²) in [6, 6.07) is 5.07. The lowest BCUT2D eigenvalue weighted by atomic mass is 10.2. The molecule has 4 nitrogen and oxygen atoms in total. The molecule has 0 unspecified atom stereocenters. The zero-order valence-electron chi connectivity index (χ0n) is 9.95. The second kappa shape index (κ2) is 5.07. The molecule has 2 rings (SSSR count). The van der Waals surface area contributed by atoms with Crippen LogP contribution in [0.5, 0.6) is 0 Å². The van der Waals surface area contributed by atoms with Crippen molar-refractivity contribution in [2.75, 3.05) is 11.1 Å². The molecule has 0 radical (unpaired) electrons.